The number of benzene rings is 4. The van der Waals surface area contributed by atoms with E-state index in [1.54, 1.807) is 0 Å². The molecule has 0 unspecified atom stereocenters. The van der Waals surface area contributed by atoms with E-state index in [2.05, 4.69) is 4.74 Å². The molecule has 0 aliphatic heterocycles. The Bertz CT molecular complexity index is 1570. The molecular weight excluding hydrogens is 559 g/mol. The number of rotatable bonds is 7. The van der Waals surface area contributed by atoms with Crippen molar-refractivity contribution in [3.8, 4) is 28.0 Å². The van der Waals surface area contributed by atoms with Gasteiger partial charge in [-0.15, -0.1) is 13.2 Å². The number of hydrogen-bond acceptors (Lipinski definition) is 1. The van der Waals surface area contributed by atoms with Crippen molar-refractivity contribution >= 4 is 18.0 Å². The summed E-state index contributed by atoms with van der Waals surface area (Å²) in [6.07, 6.45) is -2.40. The zero-order valence-corrected chi connectivity index (χ0v) is 21.1. The average Bonchev–Trinajstić information content (AvgIpc) is 2.92. The Kier molecular flexibility index (Phi) is 8.60. The first-order valence-corrected chi connectivity index (χ1v) is 12.0. The molecule has 0 saturated heterocycles. The highest BCUT2D eigenvalue weighted by molar-refractivity contribution is 5.75. The second-order valence-electron chi connectivity index (χ2n) is 8.78. The molecule has 0 atom stereocenters. The second kappa shape index (κ2) is 12.0. The van der Waals surface area contributed by atoms with Gasteiger partial charge in [-0.2, -0.15) is 0 Å². The average molecular weight is 578 g/mol. The zero-order chi connectivity index (χ0) is 29.9. The lowest BCUT2D eigenvalue weighted by Gasteiger charge is -2.12. The van der Waals surface area contributed by atoms with E-state index in [-0.39, 0.29) is 39.8 Å². The predicted octanol–water partition coefficient (Wildman–Crippen LogP) is 10.7. The van der Waals surface area contributed by atoms with Crippen LogP contribution in [-0.2, 0) is 0 Å². The summed E-state index contributed by atoms with van der Waals surface area (Å²) in [7, 11) is 0. The van der Waals surface area contributed by atoms with E-state index in [4.69, 9.17) is 0 Å². The van der Waals surface area contributed by atoms with Crippen LogP contribution in [0.2, 0.25) is 0 Å². The SMILES string of the molecule is CC/C(F)=C(\F)c1ccc(/C=C/c2cc(F)c(-c3ccc(-c4cc(F)c(OC(F)(F)F)c(F)c4)cc3)c(F)c2)cc1. The van der Waals surface area contributed by atoms with E-state index in [1.165, 1.54) is 67.6 Å². The first-order valence-electron chi connectivity index (χ1n) is 12.0. The lowest BCUT2D eigenvalue weighted by molar-refractivity contribution is -0.276. The van der Waals surface area contributed by atoms with Crippen molar-refractivity contribution in [2.75, 3.05) is 0 Å². The third-order valence-corrected chi connectivity index (χ3v) is 5.97. The molecule has 1 nitrogen and oxygen atoms in total. The van der Waals surface area contributed by atoms with Crippen LogP contribution in [0.3, 0.4) is 0 Å². The molecule has 0 radical (unpaired) electrons. The van der Waals surface area contributed by atoms with Gasteiger partial charge in [-0.1, -0.05) is 67.6 Å². The van der Waals surface area contributed by atoms with E-state index >= 15 is 0 Å². The Morgan fingerprint density at radius 1 is 0.659 bits per heavy atom. The maximum Gasteiger partial charge on any atom is 0.573 e. The van der Waals surface area contributed by atoms with Gasteiger partial charge in [0.05, 0.1) is 5.56 Å². The van der Waals surface area contributed by atoms with E-state index < -0.39 is 47.0 Å². The van der Waals surface area contributed by atoms with Crippen LogP contribution < -0.4 is 4.74 Å². The summed E-state index contributed by atoms with van der Waals surface area (Å²) < 4.78 is 126. The van der Waals surface area contributed by atoms with Crippen LogP contribution in [0.5, 0.6) is 5.75 Å². The van der Waals surface area contributed by atoms with Crippen LogP contribution in [0.1, 0.15) is 30.0 Å². The van der Waals surface area contributed by atoms with Gasteiger partial charge < -0.3 is 4.74 Å². The quantitative estimate of drug-likeness (QED) is 0.157. The van der Waals surface area contributed by atoms with Crippen molar-refractivity contribution < 1.29 is 44.3 Å². The molecule has 4 rings (SSSR count). The van der Waals surface area contributed by atoms with Crippen molar-refractivity contribution in [1.29, 1.82) is 0 Å². The minimum absolute atomic E-state index is 0.0664. The highest BCUT2D eigenvalue weighted by Crippen LogP contribution is 2.34. The van der Waals surface area contributed by atoms with Crippen LogP contribution >= 0.6 is 0 Å². The summed E-state index contributed by atoms with van der Waals surface area (Å²) in [4.78, 5) is 0. The number of allylic oxidation sites excluding steroid dienone is 1. The van der Waals surface area contributed by atoms with Crippen molar-refractivity contribution in [2.24, 2.45) is 0 Å². The van der Waals surface area contributed by atoms with Gasteiger partial charge in [-0.05, 0) is 58.5 Å². The Labute approximate surface area is 228 Å². The van der Waals surface area contributed by atoms with Crippen LogP contribution in [0.4, 0.5) is 39.5 Å². The first kappa shape index (κ1) is 29.5. The fraction of sp³-hybridized carbons (Fsp3) is 0.0968. The van der Waals surface area contributed by atoms with E-state index in [0.717, 1.165) is 12.1 Å². The maximum atomic E-state index is 14.9. The molecule has 0 aromatic heterocycles. The standard InChI is InChI=1S/C31H19F9O/c1-2-23(32)29(37)21-7-5-17(6-8-21)3-4-18-13-24(33)28(25(34)14-18)20-11-9-19(10-12-20)22-15-26(35)30(27(36)16-22)41-31(38,39)40/h3-16H,2H2,1H3/b4-3+,29-23+. The molecule has 0 spiro atoms. The number of halogens is 9. The molecule has 0 heterocycles. The van der Waals surface area contributed by atoms with Gasteiger partial charge in [0.1, 0.15) is 17.5 Å². The number of hydrogen-bond donors (Lipinski definition) is 0. The van der Waals surface area contributed by atoms with E-state index in [0.29, 0.717) is 17.7 Å². The zero-order valence-electron chi connectivity index (χ0n) is 21.1. The van der Waals surface area contributed by atoms with Crippen molar-refractivity contribution in [2.45, 2.75) is 19.7 Å². The summed E-state index contributed by atoms with van der Waals surface area (Å²) in [5, 5.41) is 0. The molecular formula is C31H19F9O. The Balaban J connectivity index is 1.54. The number of alkyl halides is 3. The largest absolute Gasteiger partial charge is 0.573 e. The third-order valence-electron chi connectivity index (χ3n) is 5.97. The van der Waals surface area contributed by atoms with Crippen LogP contribution in [-0.4, -0.2) is 6.36 Å². The van der Waals surface area contributed by atoms with Gasteiger partial charge in [0.15, 0.2) is 17.5 Å². The topological polar surface area (TPSA) is 9.23 Å². The highest BCUT2D eigenvalue weighted by atomic mass is 19.4. The Hall–Kier alpha value is -4.47. The van der Waals surface area contributed by atoms with Crippen LogP contribution in [0.15, 0.2) is 78.6 Å². The second-order valence-corrected chi connectivity index (χ2v) is 8.78. The molecule has 0 N–H and O–H groups in total. The molecule has 10 heteroatoms. The molecule has 4 aromatic rings. The van der Waals surface area contributed by atoms with Crippen molar-refractivity contribution in [1.82, 2.24) is 0 Å². The molecule has 0 fully saturated rings. The molecule has 41 heavy (non-hydrogen) atoms. The van der Waals surface area contributed by atoms with E-state index in [1.807, 2.05) is 0 Å². The third kappa shape index (κ3) is 7.00. The Morgan fingerprint density at radius 2 is 1.17 bits per heavy atom. The smallest absolute Gasteiger partial charge is 0.399 e. The lowest BCUT2D eigenvalue weighted by Crippen LogP contribution is -2.19. The fourth-order valence-electron chi connectivity index (χ4n) is 3.98. The van der Waals surface area contributed by atoms with Gasteiger partial charge >= 0.3 is 6.36 Å². The summed E-state index contributed by atoms with van der Waals surface area (Å²) >= 11 is 0. The minimum atomic E-state index is -5.29. The maximum absolute atomic E-state index is 14.9. The molecule has 4 aromatic carbocycles. The summed E-state index contributed by atoms with van der Waals surface area (Å²) in [6, 6.07) is 14.4. The highest BCUT2D eigenvalue weighted by Gasteiger charge is 2.34. The normalized spacial score (nSPS) is 12.5. The van der Waals surface area contributed by atoms with E-state index in [9.17, 15) is 39.5 Å². The van der Waals surface area contributed by atoms with Crippen molar-refractivity contribution in [3.05, 3.63) is 119 Å². The van der Waals surface area contributed by atoms with Gasteiger partial charge in [0, 0.05) is 5.56 Å². The lowest BCUT2D eigenvalue weighted by atomic mass is 9.98. The van der Waals surface area contributed by atoms with Crippen molar-refractivity contribution in [3.63, 3.8) is 0 Å². The van der Waals surface area contributed by atoms with Crippen LogP contribution in [0.25, 0.3) is 40.2 Å². The molecule has 212 valence electrons. The molecule has 0 saturated carbocycles. The molecule has 0 aliphatic rings. The van der Waals surface area contributed by atoms with Gasteiger partial charge in [0.2, 0.25) is 5.75 Å². The monoisotopic (exact) mass is 578 g/mol. The molecule has 0 aliphatic carbocycles. The van der Waals surface area contributed by atoms with Gasteiger partial charge in [-0.25, -0.2) is 26.3 Å². The first-order chi connectivity index (χ1) is 19.4. The van der Waals surface area contributed by atoms with Gasteiger partial charge in [0.25, 0.3) is 0 Å². The molecule has 0 amide bonds. The summed E-state index contributed by atoms with van der Waals surface area (Å²) in [5.41, 5.74) is 0.599. The minimum Gasteiger partial charge on any atom is -0.399 e. The summed E-state index contributed by atoms with van der Waals surface area (Å²) in [5.74, 6) is -8.38. The molecule has 0 bridgehead atoms. The number of ether oxygens (including phenoxy) is 1. The fourth-order valence-corrected chi connectivity index (χ4v) is 3.98. The van der Waals surface area contributed by atoms with Crippen LogP contribution in [0, 0.1) is 23.3 Å². The predicted molar refractivity (Wildman–Crippen MR) is 139 cm³/mol. The Morgan fingerprint density at radius 3 is 1.68 bits per heavy atom. The van der Waals surface area contributed by atoms with Gasteiger partial charge in [-0.3, -0.25) is 0 Å². The summed E-state index contributed by atoms with van der Waals surface area (Å²) in [6.45, 7) is 1.48.